The smallest absolute Gasteiger partial charge is 0.291 e. The number of hydrogen-bond donors (Lipinski definition) is 3. The van der Waals surface area contributed by atoms with Crippen LogP contribution >= 0.6 is 12.2 Å². The molecule has 4 aromatic rings. The van der Waals surface area contributed by atoms with Crippen LogP contribution in [0.3, 0.4) is 0 Å². The molecule has 1 aromatic heterocycles. The van der Waals surface area contributed by atoms with Gasteiger partial charge < -0.3 is 14.8 Å². The highest BCUT2D eigenvalue weighted by molar-refractivity contribution is 7.80. The number of nitrogens with zero attached hydrogens (tertiary/aromatic N) is 2. The third-order valence-electron chi connectivity index (χ3n) is 5.87. The second-order valence-electron chi connectivity index (χ2n) is 8.61. The van der Waals surface area contributed by atoms with Gasteiger partial charge in [-0.05, 0) is 54.4 Å². The van der Waals surface area contributed by atoms with Crippen LogP contribution in [-0.4, -0.2) is 27.9 Å². The minimum atomic E-state index is -0.393. The molecule has 3 N–H and O–H groups in total. The maximum Gasteiger partial charge on any atom is 0.291 e. The average molecular weight is 530 g/mol. The zero-order valence-electron chi connectivity index (χ0n) is 21.4. The van der Waals surface area contributed by atoms with E-state index in [1.165, 1.54) is 0 Å². The van der Waals surface area contributed by atoms with Crippen molar-refractivity contribution in [3.05, 3.63) is 113 Å². The fourth-order valence-electron chi connectivity index (χ4n) is 3.87. The van der Waals surface area contributed by atoms with Crippen molar-refractivity contribution in [2.24, 2.45) is 0 Å². The molecular weight excluding hydrogens is 498 g/mol. The number of hydrogen-bond acceptors (Lipinski definition) is 5. The normalized spacial score (nSPS) is 10.5. The molecule has 0 fully saturated rings. The van der Waals surface area contributed by atoms with Crippen LogP contribution in [0, 0.1) is 6.92 Å². The van der Waals surface area contributed by atoms with Crippen molar-refractivity contribution in [1.82, 2.24) is 25.9 Å². The molecule has 0 aliphatic carbocycles. The molecule has 0 aliphatic rings. The summed E-state index contributed by atoms with van der Waals surface area (Å²) in [7, 11) is 1.63. The van der Waals surface area contributed by atoms with Crippen molar-refractivity contribution in [2.75, 3.05) is 7.11 Å². The predicted molar refractivity (Wildman–Crippen MR) is 151 cm³/mol. The Hall–Kier alpha value is -4.37. The Labute approximate surface area is 227 Å². The number of benzene rings is 3. The largest absolute Gasteiger partial charge is 0.497 e. The third kappa shape index (κ3) is 7.33. The number of aryl methyl sites for hydroxylation is 3. The quantitative estimate of drug-likeness (QED) is 0.208. The number of carbonyl (C=O) groups excluding carboxylic acids is 1. The van der Waals surface area contributed by atoms with E-state index in [-0.39, 0.29) is 5.11 Å². The minimum Gasteiger partial charge on any atom is -0.497 e. The van der Waals surface area contributed by atoms with Crippen LogP contribution in [0.5, 0.6) is 11.5 Å². The molecule has 3 aromatic carbocycles. The van der Waals surface area contributed by atoms with Crippen LogP contribution in [0.2, 0.25) is 0 Å². The van der Waals surface area contributed by atoms with E-state index in [1.54, 1.807) is 11.8 Å². The number of amides is 1. The van der Waals surface area contributed by atoms with Gasteiger partial charge in [-0.2, -0.15) is 5.10 Å². The van der Waals surface area contributed by atoms with Crippen molar-refractivity contribution in [3.8, 4) is 11.5 Å². The number of aromatic nitrogens is 2. The fourth-order valence-corrected chi connectivity index (χ4v) is 4.00. The standard InChI is InChI=1S/C29H31N5O3S/c1-21-27(37-20-24-11-7-4-8-12-24)26(34(33-21)18-17-22-9-5-3-6-10-22)28(35)31-32-29(38)30-19-23-13-15-25(36-2)16-14-23/h3-16H,17-20H2,1-2H3,(H,31,35)(H2,30,32,38). The number of hydrazine groups is 1. The monoisotopic (exact) mass is 529 g/mol. The first-order valence-electron chi connectivity index (χ1n) is 12.3. The van der Waals surface area contributed by atoms with Gasteiger partial charge in [0.15, 0.2) is 16.6 Å². The van der Waals surface area contributed by atoms with Crippen LogP contribution in [0.15, 0.2) is 84.9 Å². The molecule has 1 heterocycles. The predicted octanol–water partition coefficient (Wildman–Crippen LogP) is 4.33. The highest BCUT2D eigenvalue weighted by Crippen LogP contribution is 2.25. The van der Waals surface area contributed by atoms with E-state index in [0.717, 1.165) is 28.9 Å². The molecule has 8 nitrogen and oxygen atoms in total. The summed E-state index contributed by atoms with van der Waals surface area (Å²) >= 11 is 5.36. The van der Waals surface area contributed by atoms with Gasteiger partial charge in [-0.25, -0.2) is 0 Å². The summed E-state index contributed by atoms with van der Waals surface area (Å²) in [5.74, 6) is 0.833. The van der Waals surface area contributed by atoms with Crippen molar-refractivity contribution in [3.63, 3.8) is 0 Å². The fraction of sp³-hybridized carbons (Fsp3) is 0.207. The summed E-state index contributed by atoms with van der Waals surface area (Å²) in [6.07, 6.45) is 0.718. The lowest BCUT2D eigenvalue weighted by molar-refractivity contribution is 0.0927. The van der Waals surface area contributed by atoms with Gasteiger partial charge >= 0.3 is 0 Å². The second-order valence-corrected chi connectivity index (χ2v) is 9.01. The van der Waals surface area contributed by atoms with Gasteiger partial charge in [-0.1, -0.05) is 72.8 Å². The first-order chi connectivity index (χ1) is 18.5. The Morgan fingerprint density at radius 1 is 0.895 bits per heavy atom. The summed E-state index contributed by atoms with van der Waals surface area (Å²) < 4.78 is 13.0. The zero-order valence-corrected chi connectivity index (χ0v) is 22.3. The first kappa shape index (κ1) is 26.7. The van der Waals surface area contributed by atoms with Crippen molar-refractivity contribution < 1.29 is 14.3 Å². The van der Waals surface area contributed by atoms with E-state index >= 15 is 0 Å². The van der Waals surface area contributed by atoms with E-state index < -0.39 is 5.91 Å². The highest BCUT2D eigenvalue weighted by Gasteiger charge is 2.23. The average Bonchev–Trinajstić information content (AvgIpc) is 3.28. The first-order valence-corrected chi connectivity index (χ1v) is 12.7. The highest BCUT2D eigenvalue weighted by atomic mass is 32.1. The number of nitrogens with one attached hydrogen (secondary N) is 3. The lowest BCUT2D eigenvalue weighted by Crippen LogP contribution is -2.47. The molecule has 0 spiro atoms. The van der Waals surface area contributed by atoms with Gasteiger partial charge in [-0.15, -0.1) is 0 Å². The number of thiocarbonyl (C=S) groups is 1. The van der Waals surface area contributed by atoms with Crippen LogP contribution < -0.4 is 25.6 Å². The molecule has 0 saturated carbocycles. The number of ether oxygens (including phenoxy) is 2. The second kappa shape index (κ2) is 13.3. The van der Waals surface area contributed by atoms with Crippen molar-refractivity contribution in [1.29, 1.82) is 0 Å². The van der Waals surface area contributed by atoms with Gasteiger partial charge in [0.2, 0.25) is 0 Å². The molecule has 0 aliphatic heterocycles. The van der Waals surface area contributed by atoms with Gasteiger partial charge in [-0.3, -0.25) is 20.3 Å². The van der Waals surface area contributed by atoms with Gasteiger partial charge in [0, 0.05) is 13.1 Å². The molecule has 196 valence electrons. The van der Waals surface area contributed by atoms with Crippen LogP contribution in [-0.2, 0) is 26.1 Å². The third-order valence-corrected chi connectivity index (χ3v) is 6.12. The van der Waals surface area contributed by atoms with Gasteiger partial charge in [0.05, 0.1) is 7.11 Å². The Balaban J connectivity index is 1.43. The molecule has 0 unspecified atom stereocenters. The summed E-state index contributed by atoms with van der Waals surface area (Å²) in [6.45, 7) is 3.17. The molecule has 0 saturated heterocycles. The maximum atomic E-state index is 13.4. The molecule has 4 rings (SSSR count). The minimum absolute atomic E-state index is 0.285. The molecule has 1 amide bonds. The van der Waals surface area contributed by atoms with E-state index in [1.807, 2.05) is 79.7 Å². The molecule has 38 heavy (non-hydrogen) atoms. The molecule has 0 radical (unpaired) electrons. The van der Waals surface area contributed by atoms with Crippen LogP contribution in [0.25, 0.3) is 0 Å². The number of rotatable bonds is 10. The van der Waals surface area contributed by atoms with Crippen molar-refractivity contribution >= 4 is 23.2 Å². The Bertz CT molecular complexity index is 1340. The lowest BCUT2D eigenvalue weighted by Gasteiger charge is -2.14. The summed E-state index contributed by atoms with van der Waals surface area (Å²) in [6, 6.07) is 27.5. The van der Waals surface area contributed by atoms with Crippen molar-refractivity contribution in [2.45, 2.75) is 33.0 Å². The zero-order chi connectivity index (χ0) is 26.7. The van der Waals surface area contributed by atoms with E-state index in [9.17, 15) is 4.79 Å². The van der Waals surface area contributed by atoms with Gasteiger partial charge in [0.1, 0.15) is 18.1 Å². The molecule has 9 heteroatoms. The summed E-state index contributed by atoms with van der Waals surface area (Å²) in [5.41, 5.74) is 9.62. The SMILES string of the molecule is COc1ccc(CNC(=S)NNC(=O)c2c(OCc3ccccc3)c(C)nn2CCc2ccccc2)cc1. The molecule has 0 atom stereocenters. The molecule has 0 bridgehead atoms. The summed E-state index contributed by atoms with van der Waals surface area (Å²) in [4.78, 5) is 13.4. The summed E-state index contributed by atoms with van der Waals surface area (Å²) in [5, 5.41) is 7.99. The van der Waals surface area contributed by atoms with Crippen LogP contribution in [0.1, 0.15) is 32.9 Å². The van der Waals surface area contributed by atoms with Gasteiger partial charge in [0.25, 0.3) is 5.91 Å². The lowest BCUT2D eigenvalue weighted by atomic mass is 10.1. The Morgan fingerprint density at radius 2 is 1.55 bits per heavy atom. The number of carbonyl (C=O) groups is 1. The maximum absolute atomic E-state index is 13.4. The Morgan fingerprint density at radius 3 is 2.21 bits per heavy atom. The number of methoxy groups -OCH3 is 1. The van der Waals surface area contributed by atoms with E-state index in [0.29, 0.717) is 36.8 Å². The Kier molecular flexibility index (Phi) is 9.31. The van der Waals surface area contributed by atoms with Crippen LogP contribution in [0.4, 0.5) is 0 Å². The van der Waals surface area contributed by atoms with E-state index in [2.05, 4.69) is 33.4 Å². The molecular formula is C29H31N5O3S. The van der Waals surface area contributed by atoms with E-state index in [4.69, 9.17) is 21.7 Å². The topological polar surface area (TPSA) is 89.4 Å².